The molecule has 1 nitrogen and oxygen atoms in total. The largest absolute Gasteiger partial charge is 0.288 e. The van der Waals surface area contributed by atoms with Gasteiger partial charge < -0.3 is 0 Å². The predicted molar refractivity (Wildman–Crippen MR) is 65.9 cm³/mol. The molecule has 0 heterocycles. The first-order chi connectivity index (χ1) is 9.77. The van der Waals surface area contributed by atoms with E-state index in [1.165, 1.54) is 25.1 Å². The van der Waals surface area contributed by atoms with Crippen LogP contribution in [-0.4, -0.2) is 5.78 Å². The van der Waals surface area contributed by atoms with Gasteiger partial charge in [-0.15, -0.1) is 0 Å². The molecule has 0 radical (unpaired) electrons. The highest BCUT2D eigenvalue weighted by Gasteiger charge is 2.30. The minimum atomic E-state index is -2.32. The molecule has 2 aromatic rings. The van der Waals surface area contributed by atoms with Crippen molar-refractivity contribution < 1.29 is 26.7 Å². The fraction of sp³-hybridized carbons (Fsp3) is 0.0714. The zero-order valence-corrected chi connectivity index (χ0v) is 11.2. The molecule has 0 bridgehead atoms. The summed E-state index contributed by atoms with van der Waals surface area (Å²) in [4.78, 5) is 12.1. The van der Waals surface area contributed by atoms with Gasteiger partial charge in [0.1, 0.15) is 5.56 Å². The van der Waals surface area contributed by atoms with Gasteiger partial charge in [-0.05, 0) is 18.6 Å². The van der Waals surface area contributed by atoms with Crippen molar-refractivity contribution in [3.05, 3.63) is 69.0 Å². The molecular weight excluding hydrogens is 315 g/mol. The number of benzene rings is 2. The van der Waals surface area contributed by atoms with Gasteiger partial charge in [0.2, 0.25) is 5.82 Å². The van der Waals surface area contributed by atoms with Gasteiger partial charge in [-0.1, -0.05) is 23.7 Å². The molecule has 0 aliphatic heterocycles. The monoisotopic (exact) mass is 320 g/mol. The number of ketones is 1. The van der Waals surface area contributed by atoms with Crippen LogP contribution in [0.4, 0.5) is 22.0 Å². The number of carbonyl (C=O) groups is 1. The predicted octanol–water partition coefficient (Wildman–Crippen LogP) is 4.57. The summed E-state index contributed by atoms with van der Waals surface area (Å²) >= 11 is 5.76. The Labute approximate surface area is 121 Å². The third kappa shape index (κ3) is 2.40. The molecule has 2 rings (SSSR count). The van der Waals surface area contributed by atoms with Crippen LogP contribution < -0.4 is 0 Å². The van der Waals surface area contributed by atoms with E-state index in [0.717, 1.165) is 0 Å². The Kier molecular flexibility index (Phi) is 4.00. The molecule has 21 heavy (non-hydrogen) atoms. The Bertz CT molecular complexity index is 729. The molecule has 110 valence electrons. The van der Waals surface area contributed by atoms with Crippen molar-refractivity contribution in [1.82, 2.24) is 0 Å². The Morgan fingerprint density at radius 2 is 1.38 bits per heavy atom. The number of halogens is 6. The van der Waals surface area contributed by atoms with Crippen molar-refractivity contribution in [3.8, 4) is 0 Å². The van der Waals surface area contributed by atoms with E-state index >= 15 is 0 Å². The topological polar surface area (TPSA) is 17.1 Å². The summed E-state index contributed by atoms with van der Waals surface area (Å²) in [7, 11) is 0. The summed E-state index contributed by atoms with van der Waals surface area (Å²) in [5.41, 5.74) is -1.57. The molecule has 0 spiro atoms. The maximum absolute atomic E-state index is 13.6. The Hall–Kier alpha value is -1.95. The van der Waals surface area contributed by atoms with E-state index in [0.29, 0.717) is 0 Å². The second-order valence-corrected chi connectivity index (χ2v) is 4.59. The minimum absolute atomic E-state index is 0.129. The lowest BCUT2D eigenvalue weighted by molar-refractivity contribution is 0.102. The highest BCUT2D eigenvalue weighted by molar-refractivity contribution is 6.32. The molecule has 0 fully saturated rings. The summed E-state index contributed by atoms with van der Waals surface area (Å²) in [6, 6.07) is 3.93. The number of rotatable bonds is 2. The van der Waals surface area contributed by atoms with Gasteiger partial charge in [0.25, 0.3) is 0 Å². The van der Waals surface area contributed by atoms with Crippen LogP contribution >= 0.6 is 11.6 Å². The van der Waals surface area contributed by atoms with Crippen LogP contribution in [0.3, 0.4) is 0 Å². The molecule has 0 saturated heterocycles. The van der Waals surface area contributed by atoms with Crippen molar-refractivity contribution in [1.29, 1.82) is 0 Å². The van der Waals surface area contributed by atoms with Crippen molar-refractivity contribution in [2.24, 2.45) is 0 Å². The molecule has 0 aliphatic rings. The number of hydrogen-bond donors (Lipinski definition) is 0. The van der Waals surface area contributed by atoms with E-state index in [1.807, 2.05) is 0 Å². The molecule has 0 amide bonds. The molecule has 7 heteroatoms. The fourth-order valence-corrected chi connectivity index (χ4v) is 1.97. The standard InChI is InChI=1S/C14H6ClF5O/c1-5-6(3-2-4-7(5)15)14(21)8-9(16)11(18)13(20)12(19)10(8)17/h2-4H,1H3. The lowest BCUT2D eigenvalue weighted by atomic mass is 9.98. The van der Waals surface area contributed by atoms with Gasteiger partial charge in [-0.2, -0.15) is 0 Å². The summed E-state index contributed by atoms with van der Waals surface area (Å²) in [5.74, 6) is -12.3. The second-order valence-electron chi connectivity index (χ2n) is 4.19. The zero-order chi connectivity index (χ0) is 15.9. The first-order valence-corrected chi connectivity index (χ1v) is 5.96. The average molecular weight is 321 g/mol. The van der Waals surface area contributed by atoms with Crippen LogP contribution in [0.1, 0.15) is 21.5 Å². The molecule has 0 aliphatic carbocycles. The molecular formula is C14H6ClF5O. The van der Waals surface area contributed by atoms with Gasteiger partial charge in [-0.3, -0.25) is 4.79 Å². The summed E-state index contributed by atoms with van der Waals surface area (Å²) in [5, 5.41) is 0.129. The van der Waals surface area contributed by atoms with E-state index in [2.05, 4.69) is 0 Å². The van der Waals surface area contributed by atoms with E-state index in [-0.39, 0.29) is 16.1 Å². The van der Waals surface area contributed by atoms with Crippen LogP contribution in [0, 0.1) is 36.0 Å². The first-order valence-electron chi connectivity index (χ1n) is 5.58. The zero-order valence-electron chi connectivity index (χ0n) is 10.4. The molecule has 0 saturated carbocycles. The van der Waals surface area contributed by atoms with E-state index in [9.17, 15) is 26.7 Å². The van der Waals surface area contributed by atoms with Gasteiger partial charge in [0.05, 0.1) is 0 Å². The fourth-order valence-electron chi connectivity index (χ4n) is 1.79. The highest BCUT2D eigenvalue weighted by Crippen LogP contribution is 2.27. The minimum Gasteiger partial charge on any atom is -0.288 e. The van der Waals surface area contributed by atoms with Crippen molar-refractivity contribution >= 4 is 17.4 Å². The maximum atomic E-state index is 13.6. The lowest BCUT2D eigenvalue weighted by Gasteiger charge is -2.10. The highest BCUT2D eigenvalue weighted by atomic mass is 35.5. The summed E-state index contributed by atoms with van der Waals surface area (Å²) in [6.07, 6.45) is 0. The Morgan fingerprint density at radius 3 is 1.90 bits per heavy atom. The Balaban J connectivity index is 2.73. The normalized spacial score (nSPS) is 10.8. The molecule has 2 aromatic carbocycles. The van der Waals surface area contributed by atoms with Crippen LogP contribution in [0.5, 0.6) is 0 Å². The maximum Gasteiger partial charge on any atom is 0.200 e. The van der Waals surface area contributed by atoms with E-state index in [4.69, 9.17) is 11.6 Å². The lowest BCUT2D eigenvalue weighted by Crippen LogP contribution is -2.14. The van der Waals surface area contributed by atoms with Crippen molar-refractivity contribution in [2.45, 2.75) is 6.92 Å². The van der Waals surface area contributed by atoms with Crippen LogP contribution in [0.25, 0.3) is 0 Å². The van der Waals surface area contributed by atoms with Crippen LogP contribution in [0.2, 0.25) is 5.02 Å². The van der Waals surface area contributed by atoms with Gasteiger partial charge in [-0.25, -0.2) is 22.0 Å². The molecule has 0 atom stereocenters. The SMILES string of the molecule is Cc1c(Cl)cccc1C(=O)c1c(F)c(F)c(F)c(F)c1F. The van der Waals surface area contributed by atoms with Gasteiger partial charge >= 0.3 is 0 Å². The quantitative estimate of drug-likeness (QED) is 0.343. The average Bonchev–Trinajstić information content (AvgIpc) is 2.46. The smallest absolute Gasteiger partial charge is 0.200 e. The second kappa shape index (κ2) is 5.44. The van der Waals surface area contributed by atoms with Crippen molar-refractivity contribution in [3.63, 3.8) is 0 Å². The number of hydrogen-bond acceptors (Lipinski definition) is 1. The van der Waals surface area contributed by atoms with Crippen LogP contribution in [0.15, 0.2) is 18.2 Å². The van der Waals surface area contributed by atoms with Gasteiger partial charge in [0.15, 0.2) is 29.1 Å². The molecule has 0 aromatic heterocycles. The molecule has 0 unspecified atom stereocenters. The third-order valence-electron chi connectivity index (χ3n) is 2.95. The van der Waals surface area contributed by atoms with Crippen LogP contribution in [-0.2, 0) is 0 Å². The third-order valence-corrected chi connectivity index (χ3v) is 3.36. The van der Waals surface area contributed by atoms with Gasteiger partial charge in [0, 0.05) is 10.6 Å². The van der Waals surface area contributed by atoms with E-state index in [1.54, 1.807) is 0 Å². The first kappa shape index (κ1) is 15.4. The molecule has 0 N–H and O–H groups in total. The van der Waals surface area contributed by atoms with E-state index < -0.39 is 40.4 Å². The van der Waals surface area contributed by atoms with Crippen molar-refractivity contribution in [2.75, 3.05) is 0 Å². The summed E-state index contributed by atoms with van der Waals surface area (Å²) < 4.78 is 66.4. The number of carbonyl (C=O) groups excluding carboxylic acids is 1. The summed E-state index contributed by atoms with van der Waals surface area (Å²) in [6.45, 7) is 1.39. The Morgan fingerprint density at radius 1 is 0.905 bits per heavy atom.